The van der Waals surface area contributed by atoms with Crippen LogP contribution in [0.4, 0.5) is 0 Å². The minimum atomic E-state index is 0.295. The van der Waals surface area contributed by atoms with Gasteiger partial charge in [-0.05, 0) is 32.4 Å². The van der Waals surface area contributed by atoms with Crippen LogP contribution >= 0.6 is 0 Å². The lowest BCUT2D eigenvalue weighted by Crippen LogP contribution is -2.49. The van der Waals surface area contributed by atoms with Crippen molar-refractivity contribution in [3.63, 3.8) is 0 Å². The average molecular weight is 329 g/mol. The minimum absolute atomic E-state index is 0.295. The molecule has 0 amide bonds. The van der Waals surface area contributed by atoms with Crippen LogP contribution in [-0.4, -0.2) is 122 Å². The molecule has 6 nitrogen and oxygen atoms in total. The van der Waals surface area contributed by atoms with Crippen molar-refractivity contribution in [3.8, 4) is 0 Å². The molecule has 2 fully saturated rings. The third-order valence-electron chi connectivity index (χ3n) is 5.14. The maximum absolute atomic E-state index is 9.10. The highest BCUT2D eigenvalue weighted by atomic mass is 16.3. The molecule has 0 saturated carbocycles. The summed E-state index contributed by atoms with van der Waals surface area (Å²) in [7, 11) is 0. The smallest absolute Gasteiger partial charge is 0.0443 e. The van der Waals surface area contributed by atoms with E-state index in [9.17, 15) is 0 Å². The first-order valence-corrected chi connectivity index (χ1v) is 9.43. The summed E-state index contributed by atoms with van der Waals surface area (Å²) in [4.78, 5) is 10.2. The first-order valence-electron chi connectivity index (χ1n) is 9.43. The number of rotatable bonds is 6. The first kappa shape index (κ1) is 19.1. The Morgan fingerprint density at radius 2 is 0.913 bits per heavy atom. The number of nitrogens with zero attached hydrogens (tertiary/aromatic N) is 4. The summed E-state index contributed by atoms with van der Waals surface area (Å²) in [6, 6.07) is 0. The molecule has 23 heavy (non-hydrogen) atoms. The van der Waals surface area contributed by atoms with Gasteiger partial charge < -0.3 is 29.8 Å². The van der Waals surface area contributed by atoms with Gasteiger partial charge in [-0.3, -0.25) is 0 Å². The Morgan fingerprint density at radius 1 is 0.522 bits per heavy atom. The van der Waals surface area contributed by atoms with Crippen LogP contribution in [-0.2, 0) is 0 Å². The highest BCUT2D eigenvalue weighted by Gasteiger charge is 2.18. The van der Waals surface area contributed by atoms with E-state index in [0.29, 0.717) is 13.2 Å². The molecule has 0 aliphatic carbocycles. The zero-order valence-corrected chi connectivity index (χ0v) is 14.7. The van der Waals surface area contributed by atoms with Crippen molar-refractivity contribution >= 4 is 0 Å². The molecular formula is C17H36N4O2. The normalized spacial score (nSPS) is 29.0. The van der Waals surface area contributed by atoms with Gasteiger partial charge in [-0.2, -0.15) is 0 Å². The molecule has 2 rings (SSSR count). The Balaban J connectivity index is 1.93. The number of hydrogen-bond donors (Lipinski definition) is 2. The zero-order chi connectivity index (χ0) is 16.3. The Hall–Kier alpha value is -0.240. The summed E-state index contributed by atoms with van der Waals surface area (Å²) >= 11 is 0. The largest absolute Gasteiger partial charge is 0.396 e. The van der Waals surface area contributed by atoms with Crippen molar-refractivity contribution in [1.29, 1.82) is 0 Å². The molecule has 6 heteroatoms. The van der Waals surface area contributed by atoms with Gasteiger partial charge in [-0.15, -0.1) is 0 Å². The topological polar surface area (TPSA) is 53.4 Å². The Morgan fingerprint density at radius 3 is 1.26 bits per heavy atom. The van der Waals surface area contributed by atoms with Crippen molar-refractivity contribution in [1.82, 2.24) is 19.6 Å². The Bertz CT molecular complexity index is 262. The van der Waals surface area contributed by atoms with Crippen LogP contribution in [0.2, 0.25) is 0 Å². The maximum Gasteiger partial charge on any atom is 0.0443 e. The van der Waals surface area contributed by atoms with Gasteiger partial charge in [-0.25, -0.2) is 0 Å². The third kappa shape index (κ3) is 7.45. The van der Waals surface area contributed by atoms with Crippen LogP contribution in [0, 0.1) is 0 Å². The van der Waals surface area contributed by atoms with E-state index >= 15 is 0 Å². The summed E-state index contributed by atoms with van der Waals surface area (Å²) < 4.78 is 0. The Kier molecular flexibility index (Phi) is 9.41. The summed E-state index contributed by atoms with van der Waals surface area (Å²) in [5.74, 6) is 0. The third-order valence-corrected chi connectivity index (χ3v) is 5.14. The quantitative estimate of drug-likeness (QED) is 0.678. The minimum Gasteiger partial charge on any atom is -0.396 e. The lowest BCUT2D eigenvalue weighted by atomic mass is 10.2. The fourth-order valence-corrected chi connectivity index (χ4v) is 3.58. The molecule has 2 heterocycles. The van der Waals surface area contributed by atoms with E-state index in [-0.39, 0.29) is 0 Å². The highest BCUT2D eigenvalue weighted by molar-refractivity contribution is 4.74. The van der Waals surface area contributed by atoms with Gasteiger partial charge in [0.2, 0.25) is 0 Å². The molecule has 2 aliphatic rings. The monoisotopic (exact) mass is 328 g/mol. The molecule has 2 N–H and O–H groups in total. The van der Waals surface area contributed by atoms with Crippen LogP contribution in [0.15, 0.2) is 0 Å². The van der Waals surface area contributed by atoms with Gasteiger partial charge in [0.25, 0.3) is 0 Å². The molecule has 0 aromatic heterocycles. The molecule has 2 aliphatic heterocycles. The van der Waals surface area contributed by atoms with Gasteiger partial charge in [0, 0.05) is 78.7 Å². The van der Waals surface area contributed by atoms with Gasteiger partial charge in [-0.1, -0.05) is 0 Å². The average Bonchev–Trinajstić information content (AvgIpc) is 2.58. The van der Waals surface area contributed by atoms with E-state index in [2.05, 4.69) is 19.6 Å². The van der Waals surface area contributed by atoms with Crippen molar-refractivity contribution in [2.75, 3.05) is 91.8 Å². The Labute approximate surface area is 141 Å². The summed E-state index contributed by atoms with van der Waals surface area (Å²) in [6.45, 7) is 14.0. The molecule has 0 radical (unpaired) electrons. The van der Waals surface area contributed by atoms with Gasteiger partial charge in [0.05, 0.1) is 0 Å². The SMILES string of the molecule is OCCCN1CCN2CCCN(CC1)CCN(CCCO)CC2. The molecule has 0 atom stereocenters. The molecule has 0 aromatic rings. The van der Waals surface area contributed by atoms with E-state index in [1.54, 1.807) is 0 Å². The molecule has 136 valence electrons. The number of fused-ring (bicyclic) bond motifs is 4. The molecule has 2 saturated heterocycles. The number of hydrogen-bond acceptors (Lipinski definition) is 6. The van der Waals surface area contributed by atoms with Crippen molar-refractivity contribution in [2.45, 2.75) is 19.3 Å². The van der Waals surface area contributed by atoms with E-state index in [4.69, 9.17) is 10.2 Å². The standard InChI is InChI=1S/C17H36N4O2/c22-16-2-6-20-12-8-18-4-1-5-19(9-13-20)11-15-21(14-10-18)7-3-17-23/h22-23H,1-17H2. The van der Waals surface area contributed by atoms with Crippen LogP contribution < -0.4 is 0 Å². The second-order valence-electron chi connectivity index (χ2n) is 6.87. The predicted octanol–water partition coefficient (Wildman–Crippen LogP) is -0.623. The van der Waals surface area contributed by atoms with Crippen LogP contribution in [0.1, 0.15) is 19.3 Å². The summed E-state index contributed by atoms with van der Waals surface area (Å²) in [5, 5.41) is 18.2. The van der Waals surface area contributed by atoms with Crippen LogP contribution in [0.25, 0.3) is 0 Å². The fourth-order valence-electron chi connectivity index (χ4n) is 3.58. The van der Waals surface area contributed by atoms with Crippen LogP contribution in [0.5, 0.6) is 0 Å². The first-order chi connectivity index (χ1) is 11.3. The zero-order valence-electron chi connectivity index (χ0n) is 14.7. The van der Waals surface area contributed by atoms with E-state index in [1.807, 2.05) is 0 Å². The van der Waals surface area contributed by atoms with Gasteiger partial charge in [0.15, 0.2) is 0 Å². The number of aliphatic hydroxyl groups excluding tert-OH is 2. The molecule has 0 spiro atoms. The van der Waals surface area contributed by atoms with E-state index in [1.165, 1.54) is 19.5 Å². The van der Waals surface area contributed by atoms with Crippen molar-refractivity contribution < 1.29 is 10.2 Å². The van der Waals surface area contributed by atoms with Crippen LogP contribution in [0.3, 0.4) is 0 Å². The van der Waals surface area contributed by atoms with Gasteiger partial charge >= 0.3 is 0 Å². The summed E-state index contributed by atoms with van der Waals surface area (Å²) in [6.07, 6.45) is 3.04. The second kappa shape index (κ2) is 11.3. The second-order valence-corrected chi connectivity index (χ2v) is 6.87. The lowest BCUT2D eigenvalue weighted by molar-refractivity contribution is 0.105. The fraction of sp³-hybridized carbons (Fsp3) is 1.00. The van der Waals surface area contributed by atoms with E-state index < -0.39 is 0 Å². The molecule has 2 bridgehead atoms. The van der Waals surface area contributed by atoms with E-state index in [0.717, 1.165) is 78.3 Å². The highest BCUT2D eigenvalue weighted by Crippen LogP contribution is 2.06. The summed E-state index contributed by atoms with van der Waals surface area (Å²) in [5.41, 5.74) is 0. The molecular weight excluding hydrogens is 292 g/mol. The van der Waals surface area contributed by atoms with Gasteiger partial charge in [0.1, 0.15) is 0 Å². The van der Waals surface area contributed by atoms with Crippen molar-refractivity contribution in [3.05, 3.63) is 0 Å². The lowest BCUT2D eigenvalue weighted by Gasteiger charge is -2.36. The molecule has 0 aromatic carbocycles. The predicted molar refractivity (Wildman–Crippen MR) is 93.8 cm³/mol. The number of aliphatic hydroxyl groups is 2. The van der Waals surface area contributed by atoms with Crippen molar-refractivity contribution in [2.24, 2.45) is 0 Å². The maximum atomic E-state index is 9.10. The molecule has 0 unspecified atom stereocenters.